The maximum Gasteiger partial charge on any atom is 0.303 e. The molecule has 3 aromatic rings. The van der Waals surface area contributed by atoms with E-state index in [0.29, 0.717) is 13.0 Å². The molecule has 0 saturated heterocycles. The molecule has 0 radical (unpaired) electrons. The normalized spacial score (nSPS) is 15.3. The number of nitrogens with zero attached hydrogens (tertiary/aromatic N) is 2. The lowest BCUT2D eigenvalue weighted by atomic mass is 9.90. The van der Waals surface area contributed by atoms with Crippen molar-refractivity contribution in [2.24, 2.45) is 0 Å². The van der Waals surface area contributed by atoms with Gasteiger partial charge in [0, 0.05) is 24.4 Å². The maximum absolute atomic E-state index is 11.5. The average molecular weight is 447 g/mol. The molecule has 7 nitrogen and oxygen atoms in total. The Morgan fingerprint density at radius 1 is 1.09 bits per heavy atom. The number of hydrogen-bond donors (Lipinski definition) is 3. The van der Waals surface area contributed by atoms with Crippen LogP contribution in [0, 0.1) is 0 Å². The van der Waals surface area contributed by atoms with Crippen LogP contribution < -0.4 is 10.1 Å². The van der Waals surface area contributed by atoms with Crippen LogP contribution in [0.2, 0.25) is 0 Å². The smallest absolute Gasteiger partial charge is 0.303 e. The summed E-state index contributed by atoms with van der Waals surface area (Å²) in [6, 6.07) is 12.5. The number of carboxylic acid groups (broad SMARTS) is 1. The fourth-order valence-corrected chi connectivity index (χ4v) is 4.82. The highest BCUT2D eigenvalue weighted by atomic mass is 16.5. The fourth-order valence-electron chi connectivity index (χ4n) is 4.82. The van der Waals surface area contributed by atoms with Crippen molar-refractivity contribution in [1.82, 2.24) is 15.2 Å². The molecule has 2 aromatic heterocycles. The maximum atomic E-state index is 11.5. The molecule has 0 spiro atoms. The minimum absolute atomic E-state index is 0.0746. The Morgan fingerprint density at radius 3 is 2.88 bits per heavy atom. The van der Waals surface area contributed by atoms with Crippen molar-refractivity contribution >= 4 is 11.8 Å². The number of hydrogen-bond acceptors (Lipinski definition) is 5. The molecule has 0 fully saturated rings. The first-order valence-electron chi connectivity index (χ1n) is 11.9. The van der Waals surface area contributed by atoms with E-state index in [1.165, 1.54) is 17.5 Å². The summed E-state index contributed by atoms with van der Waals surface area (Å²) in [5.74, 6) is 1.01. The molecule has 33 heavy (non-hydrogen) atoms. The Morgan fingerprint density at radius 2 is 1.97 bits per heavy atom. The lowest BCUT2D eigenvalue weighted by Gasteiger charge is -2.17. The second-order valence-corrected chi connectivity index (χ2v) is 9.04. The van der Waals surface area contributed by atoms with E-state index in [0.717, 1.165) is 72.9 Å². The van der Waals surface area contributed by atoms with Crippen LogP contribution >= 0.6 is 0 Å². The number of pyridine rings is 1. The number of carboxylic acids is 1. The molecule has 2 aliphatic rings. The summed E-state index contributed by atoms with van der Waals surface area (Å²) in [6.45, 7) is 1.70. The number of aryl methyl sites for hydroxylation is 3. The second-order valence-electron chi connectivity index (χ2n) is 9.04. The number of aromatic amines is 1. The van der Waals surface area contributed by atoms with E-state index in [9.17, 15) is 9.90 Å². The SMILES string of the molecule is O=C(O)CC(Cc1cc(CCCc2ccc3c(n2)NCCC3)n[nH]1)c1ccc2c(c1)OCC2. The van der Waals surface area contributed by atoms with Crippen molar-refractivity contribution in [3.8, 4) is 5.75 Å². The van der Waals surface area contributed by atoms with Crippen LogP contribution in [0.3, 0.4) is 0 Å². The molecule has 3 N–H and O–H groups in total. The van der Waals surface area contributed by atoms with Crippen molar-refractivity contribution < 1.29 is 14.6 Å². The fraction of sp³-hybridized carbons (Fsp3) is 0.423. The first-order valence-corrected chi connectivity index (χ1v) is 11.9. The van der Waals surface area contributed by atoms with Crippen molar-refractivity contribution in [1.29, 1.82) is 0 Å². The number of rotatable bonds is 9. The highest BCUT2D eigenvalue weighted by Gasteiger charge is 2.21. The van der Waals surface area contributed by atoms with Gasteiger partial charge in [0.05, 0.1) is 18.7 Å². The standard InChI is InChI=1S/C26H30N4O3/c31-25(32)15-20(19-7-6-17-10-12-33-24(17)14-19)13-23-16-22(29-30-23)5-1-4-21-9-8-18-3-2-11-27-26(18)28-21/h6-9,14,16,20H,1-5,10-13,15H2,(H,27,28)(H,29,30)(H,31,32). The summed E-state index contributed by atoms with van der Waals surface area (Å²) in [5.41, 5.74) is 6.59. The molecule has 0 amide bonds. The topological polar surface area (TPSA) is 100 Å². The molecule has 0 aliphatic carbocycles. The third kappa shape index (κ3) is 5.18. The Kier molecular flexibility index (Phi) is 6.28. The zero-order valence-electron chi connectivity index (χ0n) is 18.8. The number of fused-ring (bicyclic) bond motifs is 2. The van der Waals surface area contributed by atoms with Crippen LogP contribution in [0.4, 0.5) is 5.82 Å². The Labute approximate surface area is 193 Å². The molecule has 0 saturated carbocycles. The van der Waals surface area contributed by atoms with Gasteiger partial charge in [-0.2, -0.15) is 5.10 Å². The zero-order chi connectivity index (χ0) is 22.6. The van der Waals surface area contributed by atoms with Crippen LogP contribution in [0.5, 0.6) is 5.75 Å². The minimum Gasteiger partial charge on any atom is -0.493 e. The number of aromatic nitrogens is 3. The summed E-state index contributed by atoms with van der Waals surface area (Å²) in [5, 5.41) is 20.4. The first-order chi connectivity index (χ1) is 16.1. The number of carbonyl (C=O) groups is 1. The van der Waals surface area contributed by atoms with E-state index in [4.69, 9.17) is 9.72 Å². The minimum atomic E-state index is -0.798. The zero-order valence-corrected chi connectivity index (χ0v) is 18.8. The number of ether oxygens (including phenoxy) is 1. The van der Waals surface area contributed by atoms with Gasteiger partial charge in [-0.05, 0) is 79.3 Å². The Bertz CT molecular complexity index is 1140. The van der Waals surface area contributed by atoms with Crippen LogP contribution in [-0.2, 0) is 36.9 Å². The predicted octanol–water partition coefficient (Wildman–Crippen LogP) is 4.07. The summed E-state index contributed by atoms with van der Waals surface area (Å²) in [4.78, 5) is 16.3. The molecule has 1 aromatic carbocycles. The molecule has 1 unspecified atom stereocenters. The summed E-state index contributed by atoms with van der Waals surface area (Å²) in [7, 11) is 0. The van der Waals surface area contributed by atoms with Gasteiger partial charge in [0.2, 0.25) is 0 Å². The van der Waals surface area contributed by atoms with Crippen molar-refractivity contribution in [2.75, 3.05) is 18.5 Å². The molecule has 5 rings (SSSR count). The average Bonchev–Trinajstić information content (AvgIpc) is 3.47. The third-order valence-corrected chi connectivity index (χ3v) is 6.58. The van der Waals surface area contributed by atoms with Gasteiger partial charge >= 0.3 is 5.97 Å². The van der Waals surface area contributed by atoms with Crippen molar-refractivity contribution in [3.05, 3.63) is 70.2 Å². The number of aliphatic carboxylic acids is 1. The third-order valence-electron chi connectivity index (χ3n) is 6.58. The lowest BCUT2D eigenvalue weighted by Crippen LogP contribution is -2.14. The molecule has 0 bridgehead atoms. The number of benzene rings is 1. The Balaban J connectivity index is 1.19. The van der Waals surface area contributed by atoms with Crippen LogP contribution in [0.15, 0.2) is 36.4 Å². The molecule has 172 valence electrons. The van der Waals surface area contributed by atoms with E-state index in [1.807, 2.05) is 12.1 Å². The van der Waals surface area contributed by atoms with Crippen LogP contribution in [0.25, 0.3) is 0 Å². The molecule has 7 heteroatoms. The number of H-pyrrole nitrogens is 1. The lowest BCUT2D eigenvalue weighted by molar-refractivity contribution is -0.137. The molecule has 4 heterocycles. The molecular formula is C26H30N4O3. The summed E-state index contributed by atoms with van der Waals surface area (Å²) < 4.78 is 5.68. The van der Waals surface area contributed by atoms with E-state index >= 15 is 0 Å². The highest BCUT2D eigenvalue weighted by Crippen LogP contribution is 2.32. The van der Waals surface area contributed by atoms with E-state index in [-0.39, 0.29) is 12.3 Å². The van der Waals surface area contributed by atoms with E-state index in [2.05, 4.69) is 39.8 Å². The van der Waals surface area contributed by atoms with Crippen LogP contribution in [-0.4, -0.2) is 39.4 Å². The van der Waals surface area contributed by atoms with Gasteiger partial charge in [0.15, 0.2) is 0 Å². The molecular weight excluding hydrogens is 416 g/mol. The predicted molar refractivity (Wildman–Crippen MR) is 126 cm³/mol. The largest absolute Gasteiger partial charge is 0.493 e. The highest BCUT2D eigenvalue weighted by molar-refractivity contribution is 5.68. The van der Waals surface area contributed by atoms with Crippen molar-refractivity contribution in [3.63, 3.8) is 0 Å². The van der Waals surface area contributed by atoms with Crippen LogP contribution in [0.1, 0.15) is 59.0 Å². The van der Waals surface area contributed by atoms with Gasteiger partial charge in [0.25, 0.3) is 0 Å². The van der Waals surface area contributed by atoms with Gasteiger partial charge in [-0.3, -0.25) is 9.89 Å². The molecule has 1 atom stereocenters. The van der Waals surface area contributed by atoms with E-state index in [1.54, 1.807) is 0 Å². The van der Waals surface area contributed by atoms with E-state index < -0.39 is 5.97 Å². The second kappa shape index (κ2) is 9.65. The van der Waals surface area contributed by atoms with Gasteiger partial charge in [-0.1, -0.05) is 18.2 Å². The monoisotopic (exact) mass is 446 g/mol. The summed E-state index contributed by atoms with van der Waals surface area (Å²) >= 11 is 0. The summed E-state index contributed by atoms with van der Waals surface area (Å²) in [6.07, 6.45) is 6.61. The molecule has 2 aliphatic heterocycles. The van der Waals surface area contributed by atoms with Gasteiger partial charge in [-0.25, -0.2) is 4.98 Å². The first kappa shape index (κ1) is 21.5. The quantitative estimate of drug-likeness (QED) is 0.458. The number of nitrogens with one attached hydrogen (secondary N) is 2. The van der Waals surface area contributed by atoms with Crippen molar-refractivity contribution in [2.45, 2.75) is 57.3 Å². The number of anilines is 1. The van der Waals surface area contributed by atoms with Gasteiger partial charge < -0.3 is 15.2 Å². The van der Waals surface area contributed by atoms with Gasteiger partial charge in [0.1, 0.15) is 11.6 Å². The van der Waals surface area contributed by atoms with Gasteiger partial charge in [-0.15, -0.1) is 0 Å². The Hall–Kier alpha value is -3.35.